The second-order valence-corrected chi connectivity index (χ2v) is 6.79. The van der Waals surface area contributed by atoms with Gasteiger partial charge < -0.3 is 5.32 Å². The van der Waals surface area contributed by atoms with Gasteiger partial charge in [-0.05, 0) is 57.0 Å². The maximum absolute atomic E-state index is 4.57. The molecule has 0 saturated carbocycles. The Balaban J connectivity index is 2.01. The molecular weight excluding hydrogens is 320 g/mol. The van der Waals surface area contributed by atoms with Crippen molar-refractivity contribution in [1.82, 2.24) is 10.3 Å². The second kappa shape index (κ2) is 7.17. The molecule has 0 aliphatic carbocycles. The minimum absolute atomic E-state index is 0.590. The zero-order valence-electron chi connectivity index (χ0n) is 11.3. The predicted molar refractivity (Wildman–Crippen MR) is 85.8 cm³/mol. The van der Waals surface area contributed by atoms with E-state index in [0.717, 1.165) is 28.9 Å². The summed E-state index contributed by atoms with van der Waals surface area (Å²) in [4.78, 5) is 4.57. The summed E-state index contributed by atoms with van der Waals surface area (Å²) in [6.07, 6.45) is 2.13. The molecule has 0 amide bonds. The summed E-state index contributed by atoms with van der Waals surface area (Å²) in [5.41, 5.74) is 2.61. The lowest BCUT2D eigenvalue weighted by Crippen LogP contribution is -2.23. The minimum Gasteiger partial charge on any atom is -0.319 e. The molecule has 0 saturated heterocycles. The molecule has 1 atom stereocenters. The van der Waals surface area contributed by atoms with E-state index in [1.165, 1.54) is 11.3 Å². The number of rotatable bonds is 6. The van der Waals surface area contributed by atoms with Crippen molar-refractivity contribution in [1.29, 1.82) is 0 Å². The van der Waals surface area contributed by atoms with Gasteiger partial charge in [0.15, 0.2) is 0 Å². The Labute approximate surface area is 127 Å². The van der Waals surface area contributed by atoms with Crippen LogP contribution in [-0.2, 0) is 12.8 Å². The summed E-state index contributed by atoms with van der Waals surface area (Å²) < 4.78 is 1.14. The zero-order chi connectivity index (χ0) is 13.7. The van der Waals surface area contributed by atoms with Crippen LogP contribution in [0.25, 0.3) is 0 Å². The van der Waals surface area contributed by atoms with Crippen molar-refractivity contribution in [3.05, 3.63) is 50.4 Å². The van der Waals surface area contributed by atoms with Crippen LogP contribution in [0.2, 0.25) is 0 Å². The quantitative estimate of drug-likeness (QED) is 0.865. The van der Waals surface area contributed by atoms with E-state index < -0.39 is 0 Å². The van der Waals surface area contributed by atoms with Gasteiger partial charge in [0.05, 0.1) is 10.7 Å². The van der Waals surface area contributed by atoms with Crippen LogP contribution in [0.4, 0.5) is 0 Å². The van der Waals surface area contributed by atoms with E-state index in [0.29, 0.717) is 5.92 Å². The van der Waals surface area contributed by atoms with E-state index in [9.17, 15) is 0 Å². The minimum atomic E-state index is 0.590. The number of nitrogens with one attached hydrogen (secondary N) is 1. The molecule has 2 aromatic rings. The molecule has 0 spiro atoms. The van der Waals surface area contributed by atoms with E-state index in [1.807, 2.05) is 7.05 Å². The van der Waals surface area contributed by atoms with Crippen LogP contribution in [0, 0.1) is 12.8 Å². The maximum atomic E-state index is 4.57. The van der Waals surface area contributed by atoms with Crippen LogP contribution >= 0.6 is 27.3 Å². The van der Waals surface area contributed by atoms with Crippen LogP contribution < -0.4 is 5.32 Å². The largest absolute Gasteiger partial charge is 0.319 e. The maximum Gasteiger partial charge on any atom is 0.0897 e. The van der Waals surface area contributed by atoms with Gasteiger partial charge in [-0.2, -0.15) is 0 Å². The Morgan fingerprint density at radius 2 is 2.00 bits per heavy atom. The van der Waals surface area contributed by atoms with Crippen LogP contribution in [0.5, 0.6) is 0 Å². The van der Waals surface area contributed by atoms with Crippen molar-refractivity contribution in [3.8, 4) is 0 Å². The third-order valence-corrected chi connectivity index (χ3v) is 4.45. The number of hydrogen-bond acceptors (Lipinski definition) is 3. The summed E-state index contributed by atoms with van der Waals surface area (Å²) >= 11 is 5.21. The molecule has 0 aliphatic rings. The fourth-order valence-corrected chi connectivity index (χ4v) is 3.15. The molecule has 1 N–H and O–H groups in total. The lowest BCUT2D eigenvalue weighted by atomic mass is 9.95. The van der Waals surface area contributed by atoms with Crippen LogP contribution in [0.1, 0.15) is 16.3 Å². The molecule has 19 heavy (non-hydrogen) atoms. The van der Waals surface area contributed by atoms with Crippen molar-refractivity contribution in [3.63, 3.8) is 0 Å². The van der Waals surface area contributed by atoms with Crippen molar-refractivity contribution in [2.45, 2.75) is 19.8 Å². The van der Waals surface area contributed by atoms with Crippen molar-refractivity contribution in [2.75, 3.05) is 13.6 Å². The third-order valence-electron chi connectivity index (χ3n) is 3.09. The molecule has 1 unspecified atom stereocenters. The molecule has 1 aromatic heterocycles. The third kappa shape index (κ3) is 4.71. The molecule has 1 aromatic carbocycles. The fourth-order valence-electron chi connectivity index (χ4n) is 2.26. The molecule has 2 rings (SSSR count). The number of benzene rings is 1. The van der Waals surface area contributed by atoms with Gasteiger partial charge in [0.2, 0.25) is 0 Å². The van der Waals surface area contributed by atoms with E-state index in [4.69, 9.17) is 0 Å². The van der Waals surface area contributed by atoms with Gasteiger partial charge >= 0.3 is 0 Å². The van der Waals surface area contributed by atoms with Crippen molar-refractivity contribution < 1.29 is 0 Å². The second-order valence-electron chi connectivity index (χ2n) is 4.82. The number of nitrogens with zero attached hydrogens (tertiary/aromatic N) is 1. The lowest BCUT2D eigenvalue weighted by molar-refractivity contribution is 0.489. The number of thiazole rings is 1. The molecule has 4 heteroatoms. The highest BCUT2D eigenvalue weighted by molar-refractivity contribution is 9.10. The molecule has 2 nitrogen and oxygen atoms in total. The monoisotopic (exact) mass is 338 g/mol. The summed E-state index contributed by atoms with van der Waals surface area (Å²) in [5, 5.41) is 6.63. The Morgan fingerprint density at radius 1 is 1.26 bits per heavy atom. The topological polar surface area (TPSA) is 24.9 Å². The van der Waals surface area contributed by atoms with Gasteiger partial charge in [-0.1, -0.05) is 28.1 Å². The highest BCUT2D eigenvalue weighted by Crippen LogP contribution is 2.18. The summed E-state index contributed by atoms with van der Waals surface area (Å²) in [6.45, 7) is 3.09. The standard InChI is InChI=1S/C15H19BrN2S/c1-11-18-15(10-19-11)8-13(9-17-2)7-12-3-5-14(16)6-4-12/h3-6,10,13,17H,7-9H2,1-2H3. The summed E-state index contributed by atoms with van der Waals surface area (Å²) in [5.74, 6) is 0.590. The molecule has 0 bridgehead atoms. The smallest absolute Gasteiger partial charge is 0.0897 e. The number of halogens is 1. The first-order valence-corrected chi connectivity index (χ1v) is 8.14. The van der Waals surface area contributed by atoms with E-state index in [2.05, 4.69) is 62.8 Å². The van der Waals surface area contributed by atoms with Crippen LogP contribution in [-0.4, -0.2) is 18.6 Å². The first-order chi connectivity index (χ1) is 9.17. The molecular formula is C15H19BrN2S. The van der Waals surface area contributed by atoms with Crippen molar-refractivity contribution >= 4 is 27.3 Å². The summed E-state index contributed by atoms with van der Waals surface area (Å²) in [6, 6.07) is 8.61. The fraction of sp³-hybridized carbons (Fsp3) is 0.400. The molecule has 1 heterocycles. The lowest BCUT2D eigenvalue weighted by Gasteiger charge is -2.15. The normalized spacial score (nSPS) is 12.6. The van der Waals surface area contributed by atoms with Gasteiger partial charge in [-0.25, -0.2) is 4.98 Å². The van der Waals surface area contributed by atoms with Gasteiger partial charge in [-0.15, -0.1) is 11.3 Å². The molecule has 102 valence electrons. The van der Waals surface area contributed by atoms with E-state index in [-0.39, 0.29) is 0 Å². The van der Waals surface area contributed by atoms with Gasteiger partial charge in [0.25, 0.3) is 0 Å². The Morgan fingerprint density at radius 3 is 2.58 bits per heavy atom. The Kier molecular flexibility index (Phi) is 5.55. The highest BCUT2D eigenvalue weighted by Gasteiger charge is 2.12. The first-order valence-electron chi connectivity index (χ1n) is 6.47. The SMILES string of the molecule is CNCC(Cc1ccc(Br)cc1)Cc1csc(C)n1. The van der Waals surface area contributed by atoms with E-state index in [1.54, 1.807) is 11.3 Å². The molecule has 0 aliphatic heterocycles. The van der Waals surface area contributed by atoms with Crippen LogP contribution in [0.15, 0.2) is 34.1 Å². The number of aromatic nitrogens is 1. The predicted octanol–water partition coefficient (Wildman–Crippen LogP) is 3.83. The van der Waals surface area contributed by atoms with Crippen molar-refractivity contribution in [2.24, 2.45) is 5.92 Å². The average molecular weight is 339 g/mol. The zero-order valence-corrected chi connectivity index (χ0v) is 13.7. The number of hydrogen-bond donors (Lipinski definition) is 1. The first kappa shape index (κ1) is 14.7. The molecule has 0 fully saturated rings. The Hall–Kier alpha value is -0.710. The van der Waals surface area contributed by atoms with Gasteiger partial charge in [0.1, 0.15) is 0 Å². The van der Waals surface area contributed by atoms with E-state index >= 15 is 0 Å². The van der Waals surface area contributed by atoms with Gasteiger partial charge in [-0.3, -0.25) is 0 Å². The average Bonchev–Trinajstić information content (AvgIpc) is 2.78. The Bertz CT molecular complexity index is 507. The van der Waals surface area contributed by atoms with Crippen LogP contribution in [0.3, 0.4) is 0 Å². The highest BCUT2D eigenvalue weighted by atomic mass is 79.9. The molecule has 0 radical (unpaired) electrons. The number of aryl methyl sites for hydroxylation is 1. The van der Waals surface area contributed by atoms with Gasteiger partial charge in [0, 0.05) is 9.85 Å². The summed E-state index contributed by atoms with van der Waals surface area (Å²) in [7, 11) is 2.01.